The van der Waals surface area contributed by atoms with E-state index in [0.717, 1.165) is 5.56 Å². The van der Waals surface area contributed by atoms with E-state index >= 15 is 0 Å². The van der Waals surface area contributed by atoms with E-state index in [1.165, 1.54) is 19.1 Å². The summed E-state index contributed by atoms with van der Waals surface area (Å²) in [6, 6.07) is 11.4. The Morgan fingerprint density at radius 2 is 2.05 bits per heavy atom. The minimum atomic E-state index is -0.283. The molecule has 0 fully saturated rings. The van der Waals surface area contributed by atoms with Crippen molar-refractivity contribution in [3.63, 3.8) is 0 Å². The third-order valence-electron chi connectivity index (χ3n) is 2.61. The van der Waals surface area contributed by atoms with Crippen molar-refractivity contribution in [1.82, 2.24) is 0 Å². The molecule has 0 saturated carbocycles. The second kappa shape index (κ2) is 5.97. The standard InChI is InChI=1S/C15H12BrFO2/c1-10(18)14-6-5-13(8-15(14)16)19-9-11-3-2-4-12(17)7-11/h2-8H,9H2,1H3. The predicted molar refractivity (Wildman–Crippen MR) is 74.9 cm³/mol. The highest BCUT2D eigenvalue weighted by atomic mass is 79.9. The Morgan fingerprint density at radius 3 is 2.68 bits per heavy atom. The molecule has 2 nitrogen and oxygen atoms in total. The van der Waals surface area contributed by atoms with E-state index in [1.54, 1.807) is 30.3 Å². The average Bonchev–Trinajstić information content (AvgIpc) is 2.36. The first-order chi connectivity index (χ1) is 9.06. The van der Waals surface area contributed by atoms with Crippen molar-refractivity contribution in [3.05, 3.63) is 63.9 Å². The lowest BCUT2D eigenvalue weighted by Crippen LogP contribution is -1.98. The summed E-state index contributed by atoms with van der Waals surface area (Å²) in [5.41, 5.74) is 1.37. The minimum Gasteiger partial charge on any atom is -0.489 e. The highest BCUT2D eigenvalue weighted by Gasteiger charge is 2.06. The van der Waals surface area contributed by atoms with Crippen molar-refractivity contribution in [2.75, 3.05) is 0 Å². The molecule has 0 atom stereocenters. The average molecular weight is 323 g/mol. The summed E-state index contributed by atoms with van der Waals surface area (Å²) < 4.78 is 19.2. The van der Waals surface area contributed by atoms with E-state index in [1.807, 2.05) is 0 Å². The van der Waals surface area contributed by atoms with Crippen LogP contribution in [0.15, 0.2) is 46.9 Å². The predicted octanol–water partition coefficient (Wildman–Crippen LogP) is 4.37. The van der Waals surface area contributed by atoms with Gasteiger partial charge in [-0.05, 0) is 58.7 Å². The van der Waals surface area contributed by atoms with Gasteiger partial charge in [0.2, 0.25) is 0 Å². The molecule has 0 bridgehead atoms. The van der Waals surface area contributed by atoms with Gasteiger partial charge in [0.05, 0.1) is 0 Å². The van der Waals surface area contributed by atoms with E-state index in [-0.39, 0.29) is 18.2 Å². The van der Waals surface area contributed by atoms with E-state index < -0.39 is 0 Å². The lowest BCUT2D eigenvalue weighted by molar-refractivity contribution is 0.101. The highest BCUT2D eigenvalue weighted by Crippen LogP contribution is 2.24. The fraction of sp³-hybridized carbons (Fsp3) is 0.133. The van der Waals surface area contributed by atoms with Crippen LogP contribution in [0.5, 0.6) is 5.75 Å². The Kier molecular flexibility index (Phi) is 4.32. The molecule has 2 aromatic carbocycles. The summed E-state index contributed by atoms with van der Waals surface area (Å²) in [5, 5.41) is 0. The fourth-order valence-electron chi connectivity index (χ4n) is 1.66. The molecule has 0 radical (unpaired) electrons. The zero-order valence-corrected chi connectivity index (χ0v) is 11.9. The first-order valence-corrected chi connectivity index (χ1v) is 6.53. The lowest BCUT2D eigenvalue weighted by Gasteiger charge is -2.08. The molecular weight excluding hydrogens is 311 g/mol. The zero-order valence-electron chi connectivity index (χ0n) is 10.3. The van der Waals surface area contributed by atoms with Crippen LogP contribution in [0.4, 0.5) is 4.39 Å². The number of benzene rings is 2. The molecule has 0 N–H and O–H groups in total. The maximum absolute atomic E-state index is 13.0. The Labute approximate surface area is 119 Å². The normalized spacial score (nSPS) is 10.3. The monoisotopic (exact) mass is 322 g/mol. The van der Waals surface area contributed by atoms with E-state index in [0.29, 0.717) is 15.8 Å². The molecule has 0 aliphatic rings. The maximum Gasteiger partial charge on any atom is 0.160 e. The number of ketones is 1. The van der Waals surface area contributed by atoms with E-state index in [4.69, 9.17) is 4.74 Å². The molecule has 2 aromatic rings. The molecule has 0 saturated heterocycles. The van der Waals surface area contributed by atoms with Gasteiger partial charge in [0.15, 0.2) is 5.78 Å². The number of hydrogen-bond acceptors (Lipinski definition) is 2. The molecule has 0 spiro atoms. The Morgan fingerprint density at radius 1 is 1.26 bits per heavy atom. The molecule has 0 unspecified atom stereocenters. The van der Waals surface area contributed by atoms with Crippen LogP contribution in [0, 0.1) is 5.82 Å². The van der Waals surface area contributed by atoms with Crippen LogP contribution in [0.25, 0.3) is 0 Å². The van der Waals surface area contributed by atoms with Gasteiger partial charge in [0.1, 0.15) is 18.2 Å². The molecule has 19 heavy (non-hydrogen) atoms. The second-order valence-electron chi connectivity index (χ2n) is 4.12. The van der Waals surface area contributed by atoms with Crippen LogP contribution in [0.2, 0.25) is 0 Å². The van der Waals surface area contributed by atoms with Crippen molar-refractivity contribution in [3.8, 4) is 5.75 Å². The minimum absolute atomic E-state index is 0.0106. The summed E-state index contributed by atoms with van der Waals surface area (Å²) in [4.78, 5) is 11.3. The van der Waals surface area contributed by atoms with Gasteiger partial charge in [-0.2, -0.15) is 0 Å². The SMILES string of the molecule is CC(=O)c1ccc(OCc2cccc(F)c2)cc1Br. The van der Waals surface area contributed by atoms with Crippen LogP contribution >= 0.6 is 15.9 Å². The third kappa shape index (κ3) is 3.64. The van der Waals surface area contributed by atoms with Crippen LogP contribution in [0.3, 0.4) is 0 Å². The molecule has 0 aromatic heterocycles. The smallest absolute Gasteiger partial charge is 0.160 e. The van der Waals surface area contributed by atoms with Crippen molar-refractivity contribution in [2.24, 2.45) is 0 Å². The van der Waals surface area contributed by atoms with Gasteiger partial charge in [-0.3, -0.25) is 4.79 Å². The first kappa shape index (κ1) is 13.7. The zero-order chi connectivity index (χ0) is 13.8. The summed E-state index contributed by atoms with van der Waals surface area (Å²) in [7, 11) is 0. The number of hydrogen-bond donors (Lipinski definition) is 0. The molecule has 0 amide bonds. The highest BCUT2D eigenvalue weighted by molar-refractivity contribution is 9.10. The number of carbonyl (C=O) groups excluding carboxylic acids is 1. The van der Waals surface area contributed by atoms with Crippen molar-refractivity contribution < 1.29 is 13.9 Å². The lowest BCUT2D eigenvalue weighted by atomic mass is 10.1. The van der Waals surface area contributed by atoms with Crippen LogP contribution < -0.4 is 4.74 Å². The summed E-state index contributed by atoms with van der Waals surface area (Å²) in [6.45, 7) is 1.79. The topological polar surface area (TPSA) is 26.3 Å². The number of halogens is 2. The quantitative estimate of drug-likeness (QED) is 0.781. The molecule has 0 aliphatic heterocycles. The molecule has 4 heteroatoms. The molecule has 2 rings (SSSR count). The van der Waals surface area contributed by atoms with Gasteiger partial charge in [0, 0.05) is 10.0 Å². The fourth-order valence-corrected chi connectivity index (χ4v) is 2.30. The van der Waals surface area contributed by atoms with Crippen LogP contribution in [0.1, 0.15) is 22.8 Å². The number of Topliss-reactive ketones (excluding diaryl/α,β-unsaturated/α-hetero) is 1. The van der Waals surface area contributed by atoms with E-state index in [2.05, 4.69) is 15.9 Å². The third-order valence-corrected chi connectivity index (χ3v) is 3.27. The summed E-state index contributed by atoms with van der Waals surface area (Å²) in [5.74, 6) is 0.332. The first-order valence-electron chi connectivity index (χ1n) is 5.74. The number of rotatable bonds is 4. The van der Waals surface area contributed by atoms with Crippen molar-refractivity contribution in [1.29, 1.82) is 0 Å². The Balaban J connectivity index is 2.08. The number of ether oxygens (including phenoxy) is 1. The Hall–Kier alpha value is -1.68. The largest absolute Gasteiger partial charge is 0.489 e. The summed E-state index contributed by atoms with van der Waals surface area (Å²) in [6.07, 6.45) is 0. The second-order valence-corrected chi connectivity index (χ2v) is 4.97. The molecule has 0 aliphatic carbocycles. The Bertz CT molecular complexity index is 611. The van der Waals surface area contributed by atoms with Gasteiger partial charge in [-0.25, -0.2) is 4.39 Å². The van der Waals surface area contributed by atoms with E-state index in [9.17, 15) is 9.18 Å². The van der Waals surface area contributed by atoms with Crippen molar-refractivity contribution >= 4 is 21.7 Å². The maximum atomic E-state index is 13.0. The molecule has 0 heterocycles. The number of carbonyl (C=O) groups is 1. The molecular formula is C15H12BrFO2. The van der Waals surface area contributed by atoms with Gasteiger partial charge in [0.25, 0.3) is 0 Å². The van der Waals surface area contributed by atoms with Gasteiger partial charge in [-0.1, -0.05) is 12.1 Å². The van der Waals surface area contributed by atoms with Crippen molar-refractivity contribution in [2.45, 2.75) is 13.5 Å². The summed E-state index contributed by atoms with van der Waals surface area (Å²) >= 11 is 3.32. The van der Waals surface area contributed by atoms with Gasteiger partial charge < -0.3 is 4.74 Å². The van der Waals surface area contributed by atoms with Crippen LogP contribution in [-0.4, -0.2) is 5.78 Å². The van der Waals surface area contributed by atoms with Gasteiger partial charge >= 0.3 is 0 Å². The van der Waals surface area contributed by atoms with Crippen LogP contribution in [-0.2, 0) is 6.61 Å². The molecule has 98 valence electrons. The van der Waals surface area contributed by atoms with Gasteiger partial charge in [-0.15, -0.1) is 0 Å².